The average Bonchev–Trinajstić information content (AvgIpc) is 2.84. The monoisotopic (exact) mass is 361 g/mol. The van der Waals surface area contributed by atoms with E-state index in [-0.39, 0.29) is 17.7 Å². The molecule has 1 aromatic rings. The summed E-state index contributed by atoms with van der Waals surface area (Å²) in [6, 6.07) is 0. The quantitative estimate of drug-likeness (QED) is 0.841. The highest BCUT2D eigenvalue weighted by Gasteiger charge is 2.68. The Morgan fingerprint density at radius 1 is 1.50 bits per heavy atom. The molecule has 0 spiro atoms. The van der Waals surface area contributed by atoms with Crippen molar-refractivity contribution >= 4 is 51.5 Å². The maximum absolute atomic E-state index is 12.6. The van der Waals surface area contributed by atoms with Crippen molar-refractivity contribution in [1.82, 2.24) is 9.88 Å². The van der Waals surface area contributed by atoms with Crippen LogP contribution in [-0.4, -0.2) is 39.1 Å². The van der Waals surface area contributed by atoms with Gasteiger partial charge in [-0.2, -0.15) is 0 Å². The Labute approximate surface area is 143 Å². The van der Waals surface area contributed by atoms with E-state index >= 15 is 0 Å². The first-order valence-corrected chi connectivity index (χ1v) is 8.85. The minimum Gasteiger partial charge on any atom is -0.341 e. The largest absolute Gasteiger partial charge is 0.341 e. The van der Waals surface area contributed by atoms with Gasteiger partial charge in [0.05, 0.1) is 11.3 Å². The molecule has 5 nitrogen and oxygen atoms in total. The Morgan fingerprint density at radius 3 is 2.82 bits per heavy atom. The molecule has 120 valence electrons. The molecule has 3 rings (SSSR count). The van der Waals surface area contributed by atoms with Crippen LogP contribution in [0.2, 0.25) is 0 Å². The van der Waals surface area contributed by atoms with Crippen LogP contribution in [0, 0.1) is 11.3 Å². The molecule has 2 amide bonds. The molecule has 0 radical (unpaired) electrons. The molecule has 1 aliphatic carbocycles. The van der Waals surface area contributed by atoms with Gasteiger partial charge in [-0.1, -0.05) is 0 Å². The number of hydrogen-bond acceptors (Lipinski definition) is 4. The number of alkyl halides is 2. The van der Waals surface area contributed by atoms with E-state index in [4.69, 9.17) is 23.2 Å². The lowest BCUT2D eigenvalue weighted by atomic mass is 9.95. The number of nitrogens with zero attached hydrogens (tertiary/aromatic N) is 2. The molecule has 2 aliphatic rings. The van der Waals surface area contributed by atoms with Gasteiger partial charge >= 0.3 is 0 Å². The standard InChI is InChI=1S/C14H17Cl2N3O2S/c1-13(8-14(13,15)16)11(21)19-5-2-3-9(7-19)10(20)18-12-17-4-6-22-12/h4,6,9H,2-3,5,7-8H2,1H3,(H,17,18,20)/t9-,13-/m1/s1. The van der Waals surface area contributed by atoms with Crippen LogP contribution in [0.1, 0.15) is 26.2 Å². The van der Waals surface area contributed by atoms with Crippen LogP contribution in [0.25, 0.3) is 0 Å². The number of anilines is 1. The molecule has 1 saturated carbocycles. The van der Waals surface area contributed by atoms with Crippen molar-refractivity contribution in [2.75, 3.05) is 18.4 Å². The number of aromatic nitrogens is 1. The van der Waals surface area contributed by atoms with Crippen molar-refractivity contribution < 1.29 is 9.59 Å². The van der Waals surface area contributed by atoms with Crippen molar-refractivity contribution in [2.45, 2.75) is 30.5 Å². The van der Waals surface area contributed by atoms with E-state index in [0.717, 1.165) is 12.8 Å². The van der Waals surface area contributed by atoms with Gasteiger partial charge in [0, 0.05) is 24.7 Å². The summed E-state index contributed by atoms with van der Waals surface area (Å²) < 4.78 is -0.972. The van der Waals surface area contributed by atoms with Gasteiger partial charge in [0.25, 0.3) is 0 Å². The molecule has 8 heteroatoms. The third-order valence-corrected chi connectivity index (χ3v) is 6.26. The van der Waals surface area contributed by atoms with Crippen LogP contribution in [0.5, 0.6) is 0 Å². The lowest BCUT2D eigenvalue weighted by molar-refractivity contribution is -0.139. The van der Waals surface area contributed by atoms with Crippen molar-refractivity contribution in [3.8, 4) is 0 Å². The highest BCUT2D eigenvalue weighted by atomic mass is 35.5. The summed E-state index contributed by atoms with van der Waals surface area (Å²) in [5.74, 6) is -0.357. The summed E-state index contributed by atoms with van der Waals surface area (Å²) in [5.41, 5.74) is -0.718. The maximum Gasteiger partial charge on any atom is 0.231 e. The van der Waals surface area contributed by atoms with Crippen molar-refractivity contribution in [1.29, 1.82) is 0 Å². The molecule has 2 heterocycles. The minimum absolute atomic E-state index is 0.0516. The second kappa shape index (κ2) is 5.65. The van der Waals surface area contributed by atoms with Crippen LogP contribution in [0.3, 0.4) is 0 Å². The highest BCUT2D eigenvalue weighted by Crippen LogP contribution is 2.64. The number of carbonyl (C=O) groups excluding carboxylic acids is 2. The molecule has 1 aliphatic heterocycles. The molecule has 0 aromatic carbocycles. The summed E-state index contributed by atoms with van der Waals surface area (Å²) in [7, 11) is 0. The topological polar surface area (TPSA) is 62.3 Å². The number of carbonyl (C=O) groups is 2. The predicted molar refractivity (Wildman–Crippen MR) is 87.2 cm³/mol. The fraction of sp³-hybridized carbons (Fsp3) is 0.643. The smallest absolute Gasteiger partial charge is 0.231 e. The van der Waals surface area contributed by atoms with Gasteiger partial charge in [-0.3, -0.25) is 9.59 Å². The van der Waals surface area contributed by atoms with Crippen molar-refractivity contribution in [3.05, 3.63) is 11.6 Å². The van der Waals surface area contributed by atoms with Crippen LogP contribution >= 0.6 is 34.5 Å². The molecular weight excluding hydrogens is 345 g/mol. The van der Waals surface area contributed by atoms with E-state index < -0.39 is 9.75 Å². The Kier molecular flexibility index (Phi) is 4.12. The number of amides is 2. The zero-order valence-electron chi connectivity index (χ0n) is 12.1. The number of rotatable bonds is 3. The third-order valence-electron chi connectivity index (χ3n) is 4.47. The molecule has 2 atom stereocenters. The molecule has 1 N–H and O–H groups in total. The van der Waals surface area contributed by atoms with Crippen LogP contribution in [0.4, 0.5) is 5.13 Å². The maximum atomic E-state index is 12.6. The lowest BCUT2D eigenvalue weighted by Gasteiger charge is -2.34. The molecule has 1 saturated heterocycles. The van der Waals surface area contributed by atoms with Crippen molar-refractivity contribution in [3.63, 3.8) is 0 Å². The van der Waals surface area contributed by atoms with E-state index in [2.05, 4.69) is 10.3 Å². The van der Waals surface area contributed by atoms with E-state index in [9.17, 15) is 9.59 Å². The van der Waals surface area contributed by atoms with Gasteiger partial charge in [-0.15, -0.1) is 34.5 Å². The molecule has 1 aromatic heterocycles. The van der Waals surface area contributed by atoms with Gasteiger partial charge in [0.15, 0.2) is 5.13 Å². The Hall–Kier alpha value is -0.850. The van der Waals surface area contributed by atoms with Crippen molar-refractivity contribution in [2.24, 2.45) is 11.3 Å². The third kappa shape index (κ3) is 2.84. The fourth-order valence-corrected chi connectivity index (χ4v) is 4.08. The first-order chi connectivity index (χ1) is 10.3. The van der Waals surface area contributed by atoms with Crippen LogP contribution < -0.4 is 5.32 Å². The molecular formula is C14H17Cl2N3O2S. The van der Waals surface area contributed by atoms with Crippen LogP contribution in [-0.2, 0) is 9.59 Å². The Bertz CT molecular complexity index is 593. The Morgan fingerprint density at radius 2 is 2.23 bits per heavy atom. The highest BCUT2D eigenvalue weighted by molar-refractivity contribution is 7.13. The first kappa shape index (κ1) is 16.0. The summed E-state index contributed by atoms with van der Waals surface area (Å²) in [5, 5.41) is 5.19. The summed E-state index contributed by atoms with van der Waals surface area (Å²) in [4.78, 5) is 30.7. The first-order valence-electron chi connectivity index (χ1n) is 7.21. The number of hydrogen-bond donors (Lipinski definition) is 1. The predicted octanol–water partition coefficient (Wildman–Crippen LogP) is 2.90. The zero-order chi connectivity index (χ0) is 16.0. The van der Waals surface area contributed by atoms with Gasteiger partial charge in [-0.25, -0.2) is 4.98 Å². The van der Waals surface area contributed by atoms with E-state index in [1.807, 2.05) is 0 Å². The molecule has 0 bridgehead atoms. The second-order valence-corrected chi connectivity index (χ2v) is 8.51. The van der Waals surface area contributed by atoms with E-state index in [1.165, 1.54) is 11.3 Å². The number of piperidine rings is 1. The normalized spacial score (nSPS) is 30.0. The van der Waals surface area contributed by atoms with E-state index in [1.54, 1.807) is 23.4 Å². The number of halogens is 2. The average molecular weight is 362 g/mol. The SMILES string of the molecule is C[C@]1(C(=O)N2CCC[C@@H](C(=O)Nc3nccs3)C2)CC1(Cl)Cl. The number of thiazole rings is 1. The minimum atomic E-state index is -0.972. The van der Waals surface area contributed by atoms with Gasteiger partial charge in [0.1, 0.15) is 4.33 Å². The molecule has 22 heavy (non-hydrogen) atoms. The second-order valence-electron chi connectivity index (χ2n) is 6.13. The number of likely N-dealkylation sites (tertiary alicyclic amines) is 1. The molecule has 0 unspecified atom stereocenters. The summed E-state index contributed by atoms with van der Waals surface area (Å²) in [6.45, 7) is 2.85. The molecule has 2 fully saturated rings. The Balaban J connectivity index is 1.62. The zero-order valence-corrected chi connectivity index (χ0v) is 14.5. The van der Waals surface area contributed by atoms with Crippen LogP contribution in [0.15, 0.2) is 11.6 Å². The number of nitrogens with one attached hydrogen (secondary N) is 1. The van der Waals surface area contributed by atoms with Gasteiger partial charge in [0.2, 0.25) is 11.8 Å². The van der Waals surface area contributed by atoms with Gasteiger partial charge in [-0.05, 0) is 26.2 Å². The fourth-order valence-electron chi connectivity index (χ4n) is 2.85. The summed E-state index contributed by atoms with van der Waals surface area (Å²) in [6.07, 6.45) is 3.68. The van der Waals surface area contributed by atoms with Gasteiger partial charge < -0.3 is 10.2 Å². The van der Waals surface area contributed by atoms with E-state index in [0.29, 0.717) is 24.6 Å². The lowest BCUT2D eigenvalue weighted by Crippen LogP contribution is -2.47. The summed E-state index contributed by atoms with van der Waals surface area (Å²) >= 11 is 13.6.